The number of aromatic amines is 1. The quantitative estimate of drug-likeness (QED) is 0.340. The third-order valence-corrected chi connectivity index (χ3v) is 5.30. The van der Waals surface area contributed by atoms with Crippen molar-refractivity contribution in [2.75, 3.05) is 6.54 Å². The van der Waals surface area contributed by atoms with Gasteiger partial charge in [0, 0.05) is 35.4 Å². The lowest BCUT2D eigenvalue weighted by atomic mass is 10.2. The number of hydrogen-bond donors (Lipinski definition) is 2. The average molecular weight is 426 g/mol. The minimum Gasteiger partial charge on any atom is -0.354 e. The summed E-state index contributed by atoms with van der Waals surface area (Å²) in [6.45, 7) is 1.54. The van der Waals surface area contributed by atoms with Crippen LogP contribution in [-0.2, 0) is 17.9 Å². The van der Waals surface area contributed by atoms with Crippen molar-refractivity contribution < 1.29 is 4.79 Å². The highest BCUT2D eigenvalue weighted by atomic mass is 35.5. The summed E-state index contributed by atoms with van der Waals surface area (Å²) >= 11 is 11.2. The monoisotopic (exact) mass is 425 g/mol. The highest BCUT2D eigenvalue weighted by Gasteiger charge is 2.12. The molecule has 2 aromatic carbocycles. The van der Waals surface area contributed by atoms with Crippen LogP contribution in [0.3, 0.4) is 0 Å². The smallest absolute Gasteiger partial charge is 0.240 e. The highest BCUT2D eigenvalue weighted by Crippen LogP contribution is 2.20. The zero-order valence-electron chi connectivity index (χ0n) is 15.6. The molecular formula is C21H20ClN5OS. The van der Waals surface area contributed by atoms with Gasteiger partial charge in [-0.25, -0.2) is 0 Å². The molecule has 0 saturated heterocycles. The first-order valence-electron chi connectivity index (χ1n) is 9.33. The van der Waals surface area contributed by atoms with E-state index in [1.54, 1.807) is 16.7 Å². The molecule has 0 aliphatic carbocycles. The number of halogens is 1. The average Bonchev–Trinajstić information content (AvgIpc) is 3.30. The van der Waals surface area contributed by atoms with Gasteiger partial charge in [-0.2, -0.15) is 5.10 Å². The third kappa shape index (κ3) is 4.41. The van der Waals surface area contributed by atoms with Gasteiger partial charge in [0.1, 0.15) is 6.54 Å². The molecule has 6 nitrogen and oxygen atoms in total. The van der Waals surface area contributed by atoms with Crippen molar-refractivity contribution in [2.45, 2.75) is 19.5 Å². The molecule has 4 rings (SSSR count). The van der Waals surface area contributed by atoms with Crippen molar-refractivity contribution in [2.24, 2.45) is 0 Å². The van der Waals surface area contributed by atoms with E-state index in [1.165, 1.54) is 10.9 Å². The standard InChI is InChI=1S/C21H20ClN5OS/c22-17-8-6-16(7-9-17)20-24-25-21(29)27(20)14-19(28)23-11-3-12-26-13-10-15-4-1-2-5-18(15)26/h1-2,4-10,13H,3,11-12,14H2,(H,23,28)(H,25,29). The lowest BCUT2D eigenvalue weighted by molar-refractivity contribution is -0.121. The number of hydrogen-bond acceptors (Lipinski definition) is 3. The second-order valence-electron chi connectivity index (χ2n) is 6.72. The van der Waals surface area contributed by atoms with E-state index >= 15 is 0 Å². The summed E-state index contributed by atoms with van der Waals surface area (Å²) in [6, 6.07) is 17.6. The number of fused-ring (bicyclic) bond motifs is 1. The fourth-order valence-corrected chi connectivity index (χ4v) is 3.62. The van der Waals surface area contributed by atoms with E-state index in [4.69, 9.17) is 23.8 Å². The van der Waals surface area contributed by atoms with Crippen molar-refractivity contribution in [3.8, 4) is 11.4 Å². The van der Waals surface area contributed by atoms with E-state index in [2.05, 4.69) is 44.5 Å². The fourth-order valence-electron chi connectivity index (χ4n) is 3.30. The Morgan fingerprint density at radius 3 is 2.76 bits per heavy atom. The Kier molecular flexibility index (Phi) is 5.78. The minimum atomic E-state index is -0.102. The van der Waals surface area contributed by atoms with E-state index in [0.717, 1.165) is 18.5 Å². The molecule has 8 heteroatoms. The first-order chi connectivity index (χ1) is 14.1. The molecule has 29 heavy (non-hydrogen) atoms. The van der Waals surface area contributed by atoms with Crippen molar-refractivity contribution in [3.05, 3.63) is 70.6 Å². The van der Waals surface area contributed by atoms with Crippen LogP contribution in [0, 0.1) is 4.77 Å². The van der Waals surface area contributed by atoms with Gasteiger partial charge in [0.05, 0.1) is 0 Å². The Morgan fingerprint density at radius 2 is 1.93 bits per heavy atom. The molecule has 0 spiro atoms. The number of H-pyrrole nitrogens is 1. The van der Waals surface area contributed by atoms with Crippen LogP contribution in [-0.4, -0.2) is 31.8 Å². The number of nitrogens with zero attached hydrogens (tertiary/aromatic N) is 3. The molecule has 0 radical (unpaired) electrons. The number of para-hydroxylation sites is 1. The lowest BCUT2D eigenvalue weighted by Crippen LogP contribution is -2.29. The van der Waals surface area contributed by atoms with Gasteiger partial charge in [-0.05, 0) is 60.4 Å². The number of carbonyl (C=O) groups excluding carboxylic acids is 1. The predicted molar refractivity (Wildman–Crippen MR) is 117 cm³/mol. The summed E-state index contributed by atoms with van der Waals surface area (Å²) in [5, 5.41) is 11.8. The van der Waals surface area contributed by atoms with Crippen molar-refractivity contribution in [1.29, 1.82) is 0 Å². The molecule has 0 unspecified atom stereocenters. The minimum absolute atomic E-state index is 0.102. The summed E-state index contributed by atoms with van der Waals surface area (Å²) in [5.74, 6) is 0.510. The van der Waals surface area contributed by atoms with E-state index in [-0.39, 0.29) is 12.5 Å². The van der Waals surface area contributed by atoms with E-state index in [0.29, 0.717) is 22.2 Å². The number of benzene rings is 2. The molecule has 2 N–H and O–H groups in total. The maximum Gasteiger partial charge on any atom is 0.240 e. The van der Waals surface area contributed by atoms with Crippen molar-refractivity contribution in [3.63, 3.8) is 0 Å². The molecule has 0 atom stereocenters. The summed E-state index contributed by atoms with van der Waals surface area (Å²) < 4.78 is 4.29. The van der Waals surface area contributed by atoms with Crippen LogP contribution < -0.4 is 5.32 Å². The number of aromatic nitrogens is 4. The summed E-state index contributed by atoms with van der Waals surface area (Å²) in [6.07, 6.45) is 2.92. The van der Waals surface area contributed by atoms with Crippen LogP contribution in [0.4, 0.5) is 0 Å². The summed E-state index contributed by atoms with van der Waals surface area (Å²) in [4.78, 5) is 12.4. The van der Waals surface area contributed by atoms with Gasteiger partial charge in [-0.15, -0.1) is 0 Å². The van der Waals surface area contributed by atoms with Gasteiger partial charge in [0.25, 0.3) is 0 Å². The largest absolute Gasteiger partial charge is 0.354 e. The number of nitrogens with one attached hydrogen (secondary N) is 2. The normalized spacial score (nSPS) is 11.1. The lowest BCUT2D eigenvalue weighted by Gasteiger charge is -2.09. The molecule has 2 heterocycles. The molecule has 0 bridgehead atoms. The number of rotatable bonds is 7. The zero-order chi connectivity index (χ0) is 20.2. The maximum absolute atomic E-state index is 12.4. The van der Waals surface area contributed by atoms with Gasteiger partial charge >= 0.3 is 0 Å². The van der Waals surface area contributed by atoms with Crippen LogP contribution >= 0.6 is 23.8 Å². The van der Waals surface area contributed by atoms with E-state index in [1.807, 2.05) is 24.3 Å². The maximum atomic E-state index is 12.4. The second-order valence-corrected chi connectivity index (χ2v) is 7.54. The van der Waals surface area contributed by atoms with Crippen LogP contribution in [0.1, 0.15) is 6.42 Å². The predicted octanol–water partition coefficient (Wildman–Crippen LogP) is 4.42. The molecule has 1 amide bonds. The fraction of sp³-hybridized carbons (Fsp3) is 0.190. The topological polar surface area (TPSA) is 67.6 Å². The molecule has 148 valence electrons. The van der Waals surface area contributed by atoms with Gasteiger partial charge in [0.2, 0.25) is 5.91 Å². The van der Waals surface area contributed by atoms with E-state index < -0.39 is 0 Å². The van der Waals surface area contributed by atoms with Crippen LogP contribution in [0.5, 0.6) is 0 Å². The summed E-state index contributed by atoms with van der Waals surface area (Å²) in [7, 11) is 0. The molecule has 2 aromatic heterocycles. The third-order valence-electron chi connectivity index (χ3n) is 4.74. The SMILES string of the molecule is O=C(Cn1c(-c2ccc(Cl)cc2)n[nH]c1=S)NCCCn1ccc2ccccc21. The van der Waals surface area contributed by atoms with Gasteiger partial charge in [-0.1, -0.05) is 29.8 Å². The van der Waals surface area contributed by atoms with E-state index in [9.17, 15) is 4.79 Å². The van der Waals surface area contributed by atoms with Gasteiger partial charge < -0.3 is 9.88 Å². The van der Waals surface area contributed by atoms with Crippen LogP contribution in [0.2, 0.25) is 5.02 Å². The highest BCUT2D eigenvalue weighted by molar-refractivity contribution is 7.71. The second kappa shape index (κ2) is 8.63. The molecule has 0 fully saturated rings. The van der Waals surface area contributed by atoms with Crippen molar-refractivity contribution >= 4 is 40.6 Å². The first-order valence-corrected chi connectivity index (χ1v) is 10.1. The van der Waals surface area contributed by atoms with Crippen LogP contribution in [0.25, 0.3) is 22.3 Å². The summed E-state index contributed by atoms with van der Waals surface area (Å²) in [5.41, 5.74) is 2.05. The Morgan fingerprint density at radius 1 is 1.14 bits per heavy atom. The van der Waals surface area contributed by atoms with Crippen molar-refractivity contribution in [1.82, 2.24) is 24.6 Å². The molecule has 4 aromatic rings. The molecule has 0 saturated carbocycles. The number of aryl methyl sites for hydroxylation is 1. The zero-order valence-corrected chi connectivity index (χ0v) is 17.2. The molecular weight excluding hydrogens is 406 g/mol. The Labute approximate surface area is 178 Å². The first kappa shape index (κ1) is 19.4. The molecule has 0 aliphatic rings. The number of amides is 1. The Bertz CT molecular complexity index is 1190. The molecule has 0 aliphatic heterocycles. The Balaban J connectivity index is 1.34. The van der Waals surface area contributed by atoms with Gasteiger partial charge in [0.15, 0.2) is 10.6 Å². The number of carbonyl (C=O) groups is 1. The Hall–Kier alpha value is -2.90. The van der Waals surface area contributed by atoms with Gasteiger partial charge in [-0.3, -0.25) is 14.5 Å². The van der Waals surface area contributed by atoms with Crippen LogP contribution in [0.15, 0.2) is 60.8 Å².